The lowest BCUT2D eigenvalue weighted by Crippen LogP contribution is -2.00. The Morgan fingerprint density at radius 3 is 1.27 bits per heavy atom. The Morgan fingerprint density at radius 2 is 0.678 bits per heavy atom. The van der Waals surface area contributed by atoms with Gasteiger partial charge in [-0.25, -0.2) is 15.0 Å². The van der Waals surface area contributed by atoms with Crippen LogP contribution in [-0.2, 0) is 0 Å². The average molecular weight is 754 g/mol. The molecule has 59 heavy (non-hydrogen) atoms. The lowest BCUT2D eigenvalue weighted by Gasteiger charge is -2.12. The molecule has 0 aliphatic rings. The van der Waals surface area contributed by atoms with Crippen molar-refractivity contribution in [3.05, 3.63) is 212 Å². The topological polar surface area (TPSA) is 51.8 Å². The van der Waals surface area contributed by atoms with Crippen molar-refractivity contribution in [3.63, 3.8) is 0 Å². The van der Waals surface area contributed by atoms with E-state index in [4.69, 9.17) is 19.4 Å². The molecule has 0 N–H and O–H groups in total. The molecule has 0 saturated carbocycles. The number of nitrogens with zero attached hydrogens (tertiary/aromatic N) is 3. The van der Waals surface area contributed by atoms with Crippen molar-refractivity contribution in [2.75, 3.05) is 0 Å². The van der Waals surface area contributed by atoms with Crippen LogP contribution >= 0.6 is 0 Å². The second kappa shape index (κ2) is 14.5. The van der Waals surface area contributed by atoms with Gasteiger partial charge < -0.3 is 4.42 Å². The van der Waals surface area contributed by atoms with Crippen molar-refractivity contribution >= 4 is 32.7 Å². The average Bonchev–Trinajstić information content (AvgIpc) is 3.72. The van der Waals surface area contributed by atoms with Gasteiger partial charge in [0.2, 0.25) is 0 Å². The van der Waals surface area contributed by atoms with E-state index in [0.717, 1.165) is 72.0 Å². The minimum atomic E-state index is 0.584. The molecular weight excluding hydrogens is 719 g/mol. The molecule has 0 aliphatic heterocycles. The summed E-state index contributed by atoms with van der Waals surface area (Å²) in [6.45, 7) is 0. The number of hydrogen-bond donors (Lipinski definition) is 0. The van der Waals surface area contributed by atoms with Crippen LogP contribution in [0.4, 0.5) is 0 Å². The zero-order valence-electron chi connectivity index (χ0n) is 32.0. The summed E-state index contributed by atoms with van der Waals surface area (Å²) in [6, 6.07) is 73.9. The van der Waals surface area contributed by atoms with Gasteiger partial charge in [0.25, 0.3) is 0 Å². The number of hydrogen-bond acceptors (Lipinski definition) is 4. The van der Waals surface area contributed by atoms with Crippen LogP contribution in [-0.4, -0.2) is 15.0 Å². The molecule has 0 aliphatic carbocycles. The molecule has 0 saturated heterocycles. The summed E-state index contributed by atoms with van der Waals surface area (Å²) in [5.74, 6) is 1.79. The van der Waals surface area contributed by atoms with Crippen molar-refractivity contribution in [2.24, 2.45) is 0 Å². The number of rotatable bonds is 7. The molecule has 2 heterocycles. The zero-order valence-corrected chi connectivity index (χ0v) is 32.0. The fourth-order valence-electron chi connectivity index (χ4n) is 8.29. The molecule has 11 aromatic rings. The molecule has 0 amide bonds. The smallest absolute Gasteiger partial charge is 0.164 e. The third-order valence-corrected chi connectivity index (χ3v) is 11.2. The highest BCUT2D eigenvalue weighted by molar-refractivity contribution is 6.17. The molecule has 0 unspecified atom stereocenters. The largest absolute Gasteiger partial charge is 0.455 e. The summed E-state index contributed by atoms with van der Waals surface area (Å²) in [4.78, 5) is 15.5. The van der Waals surface area contributed by atoms with E-state index in [-0.39, 0.29) is 0 Å². The third-order valence-electron chi connectivity index (χ3n) is 11.2. The molecule has 0 spiro atoms. The van der Waals surface area contributed by atoms with Gasteiger partial charge in [-0.2, -0.15) is 0 Å². The maximum Gasteiger partial charge on any atom is 0.164 e. The standard InChI is InChI=1S/C55H35N3O/c1-4-14-36(15-5-1)38-26-30-41(31-27-38)53-56-54(42-32-28-39(29-33-42)37-16-6-2-7-17-37)58-55(57-53)49-24-13-25-50-51(49)48-23-12-22-47(52(48)59-50)46-35-34-43(40-18-8-3-9-19-40)44-20-10-11-21-45(44)46/h1-35H. The van der Waals surface area contributed by atoms with Crippen LogP contribution in [0.2, 0.25) is 0 Å². The SMILES string of the molecule is c1ccc(-c2ccc(-c3nc(-c4ccc(-c5ccccc5)cc4)nc(-c4cccc5oc6c(-c7ccc(-c8ccccc8)c8ccccc78)cccc6c45)n3)cc2)cc1. The first-order chi connectivity index (χ1) is 29.2. The molecule has 0 radical (unpaired) electrons. The van der Waals surface area contributed by atoms with Crippen LogP contribution < -0.4 is 0 Å². The van der Waals surface area contributed by atoms with Crippen LogP contribution in [0.5, 0.6) is 0 Å². The maximum absolute atomic E-state index is 6.83. The Morgan fingerprint density at radius 1 is 0.254 bits per heavy atom. The summed E-state index contributed by atoms with van der Waals surface area (Å²) in [5.41, 5.74) is 13.4. The number of para-hydroxylation sites is 1. The molecule has 0 fully saturated rings. The van der Waals surface area contributed by atoms with Crippen LogP contribution in [0, 0.1) is 0 Å². The summed E-state index contributed by atoms with van der Waals surface area (Å²) in [7, 11) is 0. The molecule has 2 aromatic heterocycles. The Balaban J connectivity index is 1.07. The van der Waals surface area contributed by atoms with Crippen molar-refractivity contribution in [1.29, 1.82) is 0 Å². The lowest BCUT2D eigenvalue weighted by molar-refractivity contribution is 0.670. The third kappa shape index (κ3) is 6.24. The Kier molecular flexibility index (Phi) is 8.45. The highest BCUT2D eigenvalue weighted by Crippen LogP contribution is 2.43. The first-order valence-corrected chi connectivity index (χ1v) is 19.9. The van der Waals surface area contributed by atoms with Crippen LogP contribution in [0.3, 0.4) is 0 Å². The van der Waals surface area contributed by atoms with E-state index in [1.54, 1.807) is 0 Å². The Bertz CT molecular complexity index is 3180. The zero-order chi connectivity index (χ0) is 39.1. The monoisotopic (exact) mass is 753 g/mol. The normalized spacial score (nSPS) is 11.4. The molecule has 4 heteroatoms. The first kappa shape index (κ1) is 34.3. The number of fused-ring (bicyclic) bond motifs is 4. The molecule has 4 nitrogen and oxygen atoms in total. The summed E-state index contributed by atoms with van der Waals surface area (Å²) in [5, 5.41) is 4.35. The molecule has 276 valence electrons. The van der Waals surface area contributed by atoms with Gasteiger partial charge >= 0.3 is 0 Å². The minimum absolute atomic E-state index is 0.584. The maximum atomic E-state index is 6.83. The van der Waals surface area contributed by atoms with Crippen molar-refractivity contribution in [3.8, 4) is 78.7 Å². The summed E-state index contributed by atoms with van der Waals surface area (Å²) >= 11 is 0. The Hall–Kier alpha value is -7.95. The van der Waals surface area contributed by atoms with Crippen molar-refractivity contribution < 1.29 is 4.42 Å². The van der Waals surface area contributed by atoms with Gasteiger partial charge in [-0.1, -0.05) is 206 Å². The van der Waals surface area contributed by atoms with Crippen LogP contribution in [0.1, 0.15) is 0 Å². The fraction of sp³-hybridized carbons (Fsp3) is 0. The van der Waals surface area contributed by atoms with Gasteiger partial charge in [-0.3, -0.25) is 0 Å². The van der Waals surface area contributed by atoms with E-state index >= 15 is 0 Å². The lowest BCUT2D eigenvalue weighted by atomic mass is 9.91. The van der Waals surface area contributed by atoms with E-state index in [1.807, 2.05) is 24.3 Å². The minimum Gasteiger partial charge on any atom is -0.455 e. The fourth-order valence-corrected chi connectivity index (χ4v) is 8.29. The second-order valence-electron chi connectivity index (χ2n) is 14.7. The molecule has 0 bridgehead atoms. The molecule has 0 atom stereocenters. The molecular formula is C55H35N3O. The van der Waals surface area contributed by atoms with E-state index in [9.17, 15) is 0 Å². The highest BCUT2D eigenvalue weighted by atomic mass is 16.3. The number of furan rings is 1. The van der Waals surface area contributed by atoms with Crippen molar-refractivity contribution in [2.45, 2.75) is 0 Å². The van der Waals surface area contributed by atoms with Crippen LogP contribution in [0.15, 0.2) is 217 Å². The van der Waals surface area contributed by atoms with Crippen LogP contribution in [0.25, 0.3) is 111 Å². The van der Waals surface area contributed by atoms with Gasteiger partial charge in [0, 0.05) is 33.0 Å². The van der Waals surface area contributed by atoms with E-state index in [1.165, 1.54) is 21.9 Å². The quantitative estimate of drug-likeness (QED) is 0.163. The molecule has 11 rings (SSSR count). The predicted molar refractivity (Wildman–Crippen MR) is 243 cm³/mol. The second-order valence-corrected chi connectivity index (χ2v) is 14.7. The van der Waals surface area contributed by atoms with Gasteiger partial charge in [0.15, 0.2) is 17.5 Å². The molecule has 9 aromatic carbocycles. The van der Waals surface area contributed by atoms with Gasteiger partial charge in [0.05, 0.1) is 0 Å². The van der Waals surface area contributed by atoms with Gasteiger partial charge in [-0.05, 0) is 55.8 Å². The van der Waals surface area contributed by atoms with Gasteiger partial charge in [0.1, 0.15) is 11.2 Å². The number of benzene rings is 9. The summed E-state index contributed by atoms with van der Waals surface area (Å²) < 4.78 is 6.83. The van der Waals surface area contributed by atoms with Crippen molar-refractivity contribution in [1.82, 2.24) is 15.0 Å². The van der Waals surface area contributed by atoms with E-state index in [0.29, 0.717) is 17.5 Å². The predicted octanol–water partition coefficient (Wildman–Crippen LogP) is 14.6. The number of aromatic nitrogens is 3. The summed E-state index contributed by atoms with van der Waals surface area (Å²) in [6.07, 6.45) is 0. The van der Waals surface area contributed by atoms with Gasteiger partial charge in [-0.15, -0.1) is 0 Å². The Labute approximate surface area is 341 Å². The van der Waals surface area contributed by atoms with E-state index in [2.05, 4.69) is 188 Å². The highest BCUT2D eigenvalue weighted by Gasteiger charge is 2.21. The van der Waals surface area contributed by atoms with E-state index < -0.39 is 0 Å². The first-order valence-electron chi connectivity index (χ1n) is 19.9.